The number of rotatable bonds is 4. The summed E-state index contributed by atoms with van der Waals surface area (Å²) in [5, 5.41) is 11.3. The second-order valence-corrected chi connectivity index (χ2v) is 5.51. The first-order valence-corrected chi connectivity index (χ1v) is 6.71. The Morgan fingerprint density at radius 2 is 2.12 bits per heavy atom. The molecular formula is C9H16N2O4S. The Balaban J connectivity index is 2.27. The molecule has 1 rings (SSSR count). The van der Waals surface area contributed by atoms with Gasteiger partial charge in [-0.3, -0.25) is 9.00 Å². The van der Waals surface area contributed by atoms with E-state index in [0.717, 1.165) is 0 Å². The molecule has 2 amide bonds. The lowest BCUT2D eigenvalue weighted by Crippen LogP contribution is -2.57. The molecular weight excluding hydrogens is 232 g/mol. The number of likely N-dealkylation sites (tertiary alicyclic amines) is 1. The molecule has 1 aliphatic heterocycles. The monoisotopic (exact) mass is 248 g/mol. The number of aliphatic carboxylic acids is 1. The molecule has 0 aromatic heterocycles. The van der Waals surface area contributed by atoms with Gasteiger partial charge in [0.25, 0.3) is 0 Å². The Morgan fingerprint density at radius 1 is 1.56 bits per heavy atom. The maximum absolute atomic E-state index is 11.5. The van der Waals surface area contributed by atoms with E-state index in [2.05, 4.69) is 5.32 Å². The van der Waals surface area contributed by atoms with Crippen LogP contribution in [0.15, 0.2) is 0 Å². The number of hydrogen-bond acceptors (Lipinski definition) is 3. The summed E-state index contributed by atoms with van der Waals surface area (Å²) in [7, 11) is -0.951. The summed E-state index contributed by atoms with van der Waals surface area (Å²) < 4.78 is 10.9. The topological polar surface area (TPSA) is 86.7 Å². The highest BCUT2D eigenvalue weighted by molar-refractivity contribution is 7.84. The largest absolute Gasteiger partial charge is 0.481 e. The van der Waals surface area contributed by atoms with Crippen LogP contribution in [0.2, 0.25) is 0 Å². The fraction of sp³-hybridized carbons (Fsp3) is 0.778. The van der Waals surface area contributed by atoms with Gasteiger partial charge in [0.2, 0.25) is 0 Å². The van der Waals surface area contributed by atoms with Crippen molar-refractivity contribution in [2.75, 3.05) is 25.1 Å². The molecule has 1 aliphatic rings. The van der Waals surface area contributed by atoms with Crippen molar-refractivity contribution in [1.29, 1.82) is 0 Å². The molecule has 2 atom stereocenters. The predicted octanol–water partition coefficient (Wildman–Crippen LogP) is -0.521. The highest BCUT2D eigenvalue weighted by Crippen LogP contribution is 2.15. The van der Waals surface area contributed by atoms with Crippen molar-refractivity contribution in [3.8, 4) is 0 Å². The third-order valence-electron chi connectivity index (χ3n) is 2.37. The van der Waals surface area contributed by atoms with Crippen LogP contribution >= 0.6 is 0 Å². The van der Waals surface area contributed by atoms with Crippen LogP contribution in [0.4, 0.5) is 4.79 Å². The van der Waals surface area contributed by atoms with Crippen LogP contribution in [0.25, 0.3) is 0 Å². The van der Waals surface area contributed by atoms with Gasteiger partial charge in [0.1, 0.15) is 0 Å². The SMILES string of the molecule is CC(CS(C)=O)NC(=O)N1CC(C(=O)O)C1. The van der Waals surface area contributed by atoms with Crippen LogP contribution in [0.1, 0.15) is 6.92 Å². The van der Waals surface area contributed by atoms with Crippen molar-refractivity contribution in [2.24, 2.45) is 5.92 Å². The lowest BCUT2D eigenvalue weighted by atomic mass is 10.0. The summed E-state index contributed by atoms with van der Waals surface area (Å²) in [5.41, 5.74) is 0. The number of hydrogen-bond donors (Lipinski definition) is 2. The molecule has 92 valence electrons. The van der Waals surface area contributed by atoms with Crippen molar-refractivity contribution >= 4 is 22.8 Å². The lowest BCUT2D eigenvalue weighted by molar-refractivity contribution is -0.146. The number of carbonyl (C=O) groups excluding carboxylic acids is 1. The number of nitrogens with zero attached hydrogens (tertiary/aromatic N) is 1. The van der Waals surface area contributed by atoms with Crippen LogP contribution in [0.3, 0.4) is 0 Å². The molecule has 0 bridgehead atoms. The number of carboxylic acid groups (broad SMARTS) is 1. The first kappa shape index (κ1) is 13.0. The summed E-state index contributed by atoms with van der Waals surface area (Å²) in [4.78, 5) is 23.5. The third kappa shape index (κ3) is 3.48. The van der Waals surface area contributed by atoms with E-state index in [1.54, 1.807) is 13.2 Å². The number of amides is 2. The molecule has 0 spiro atoms. The summed E-state index contributed by atoms with van der Waals surface area (Å²) in [6.45, 7) is 2.28. The van der Waals surface area contributed by atoms with Gasteiger partial charge in [-0.2, -0.15) is 0 Å². The van der Waals surface area contributed by atoms with E-state index >= 15 is 0 Å². The van der Waals surface area contributed by atoms with E-state index in [4.69, 9.17) is 5.11 Å². The standard InChI is InChI=1S/C9H16N2O4S/c1-6(5-16(2)15)10-9(14)11-3-7(4-11)8(12)13/h6-7H,3-5H2,1-2H3,(H,10,14)(H,12,13). The van der Waals surface area contributed by atoms with E-state index in [1.807, 2.05) is 0 Å². The second kappa shape index (κ2) is 5.29. The molecule has 6 nitrogen and oxygen atoms in total. The van der Waals surface area contributed by atoms with E-state index in [0.29, 0.717) is 5.75 Å². The van der Waals surface area contributed by atoms with Crippen molar-refractivity contribution in [1.82, 2.24) is 10.2 Å². The van der Waals surface area contributed by atoms with Crippen LogP contribution in [-0.4, -0.2) is 57.4 Å². The van der Waals surface area contributed by atoms with Crippen molar-refractivity contribution in [2.45, 2.75) is 13.0 Å². The molecule has 0 aromatic rings. The van der Waals surface area contributed by atoms with E-state index < -0.39 is 22.7 Å². The maximum Gasteiger partial charge on any atom is 0.317 e. The van der Waals surface area contributed by atoms with Gasteiger partial charge in [-0.25, -0.2) is 4.79 Å². The van der Waals surface area contributed by atoms with E-state index in [-0.39, 0.29) is 25.2 Å². The molecule has 16 heavy (non-hydrogen) atoms. The first-order valence-electron chi connectivity index (χ1n) is 4.98. The van der Waals surface area contributed by atoms with Gasteiger partial charge >= 0.3 is 12.0 Å². The van der Waals surface area contributed by atoms with Crippen molar-refractivity contribution in [3.05, 3.63) is 0 Å². The molecule has 1 heterocycles. The zero-order valence-electron chi connectivity index (χ0n) is 9.30. The van der Waals surface area contributed by atoms with Crippen LogP contribution in [0.5, 0.6) is 0 Å². The second-order valence-electron chi connectivity index (χ2n) is 4.03. The highest BCUT2D eigenvalue weighted by Gasteiger charge is 2.35. The van der Waals surface area contributed by atoms with E-state index in [9.17, 15) is 13.8 Å². The Morgan fingerprint density at radius 3 is 2.56 bits per heavy atom. The summed E-state index contributed by atoms with van der Waals surface area (Å²) in [5.74, 6) is -0.907. The average molecular weight is 248 g/mol. The third-order valence-corrected chi connectivity index (χ3v) is 3.34. The van der Waals surface area contributed by atoms with Crippen LogP contribution in [0, 0.1) is 5.92 Å². The normalized spacial score (nSPS) is 19.8. The van der Waals surface area contributed by atoms with Gasteiger partial charge in [-0.05, 0) is 6.92 Å². The zero-order chi connectivity index (χ0) is 12.3. The van der Waals surface area contributed by atoms with Crippen molar-refractivity contribution in [3.63, 3.8) is 0 Å². The molecule has 1 saturated heterocycles. The smallest absolute Gasteiger partial charge is 0.317 e. The van der Waals surface area contributed by atoms with Gasteiger partial charge in [-0.15, -0.1) is 0 Å². The van der Waals surface area contributed by atoms with Gasteiger partial charge in [-0.1, -0.05) is 0 Å². The minimum Gasteiger partial charge on any atom is -0.481 e. The molecule has 7 heteroatoms. The maximum atomic E-state index is 11.5. The van der Waals surface area contributed by atoms with Crippen LogP contribution in [-0.2, 0) is 15.6 Å². The molecule has 0 saturated carbocycles. The van der Waals surface area contributed by atoms with Gasteiger partial charge < -0.3 is 15.3 Å². The molecule has 0 radical (unpaired) electrons. The average Bonchev–Trinajstić information content (AvgIpc) is 1.96. The minimum absolute atomic E-state index is 0.165. The molecule has 0 aromatic carbocycles. The van der Waals surface area contributed by atoms with Gasteiger partial charge in [0.15, 0.2) is 0 Å². The van der Waals surface area contributed by atoms with E-state index in [1.165, 1.54) is 4.90 Å². The summed E-state index contributed by atoms with van der Waals surface area (Å²) >= 11 is 0. The summed E-state index contributed by atoms with van der Waals surface area (Å²) in [6, 6.07) is -0.447. The number of carboxylic acids is 1. The quantitative estimate of drug-likeness (QED) is 0.701. The molecule has 2 N–H and O–H groups in total. The molecule has 2 unspecified atom stereocenters. The fourth-order valence-corrected chi connectivity index (χ4v) is 2.28. The Bertz CT molecular complexity index is 315. The molecule has 1 fully saturated rings. The zero-order valence-corrected chi connectivity index (χ0v) is 10.1. The lowest BCUT2D eigenvalue weighted by Gasteiger charge is -2.37. The number of urea groups is 1. The predicted molar refractivity (Wildman–Crippen MR) is 59.6 cm³/mol. The van der Waals surface area contributed by atoms with Gasteiger partial charge in [0.05, 0.1) is 5.92 Å². The van der Waals surface area contributed by atoms with Gasteiger partial charge in [0, 0.05) is 41.9 Å². The first-order chi connectivity index (χ1) is 7.40. The van der Waals surface area contributed by atoms with Crippen molar-refractivity contribution < 1.29 is 18.9 Å². The van der Waals surface area contributed by atoms with Crippen LogP contribution < -0.4 is 5.32 Å². The Labute approximate surface area is 96.5 Å². The molecule has 0 aliphatic carbocycles. The Kier molecular flexibility index (Phi) is 4.28. The summed E-state index contributed by atoms with van der Waals surface area (Å²) in [6.07, 6.45) is 1.58. The minimum atomic E-state index is -0.951. The highest BCUT2D eigenvalue weighted by atomic mass is 32.2. The number of carbonyl (C=O) groups is 2. The Hall–Kier alpha value is -1.11. The fourth-order valence-electron chi connectivity index (χ4n) is 1.50. The number of nitrogens with one attached hydrogen (secondary N) is 1.